The molecule has 0 spiro atoms. The first-order valence-electron chi connectivity index (χ1n) is 4.17. The molecule has 0 saturated carbocycles. The highest BCUT2D eigenvalue weighted by Gasteiger charge is 2.03. The van der Waals surface area contributed by atoms with Crippen molar-refractivity contribution in [1.82, 2.24) is 0 Å². The summed E-state index contributed by atoms with van der Waals surface area (Å²) in [4.78, 5) is 0. The average molecular weight is 162 g/mol. The molecule has 64 valence electrons. The van der Waals surface area contributed by atoms with Gasteiger partial charge >= 0.3 is 0 Å². The summed E-state index contributed by atoms with van der Waals surface area (Å²) in [5, 5.41) is 9.06. The summed E-state index contributed by atoms with van der Waals surface area (Å²) < 4.78 is 0. The Kier molecular flexibility index (Phi) is 3.55. The van der Waals surface area contributed by atoms with Gasteiger partial charge in [0.25, 0.3) is 0 Å². The van der Waals surface area contributed by atoms with Gasteiger partial charge in [0, 0.05) is 5.92 Å². The van der Waals surface area contributed by atoms with Crippen molar-refractivity contribution in [1.29, 1.82) is 0 Å². The van der Waals surface area contributed by atoms with Crippen LogP contribution in [0.25, 0.3) is 0 Å². The van der Waals surface area contributed by atoms with Gasteiger partial charge in [0.05, 0.1) is 6.61 Å². The summed E-state index contributed by atoms with van der Waals surface area (Å²) >= 11 is 0. The van der Waals surface area contributed by atoms with Gasteiger partial charge in [0.1, 0.15) is 0 Å². The lowest BCUT2D eigenvalue weighted by Gasteiger charge is -2.08. The Balaban J connectivity index is 2.80. The SMILES string of the molecule is CC=CC(CO)c1ccccc1. The van der Waals surface area contributed by atoms with Gasteiger partial charge in [-0.2, -0.15) is 0 Å². The number of aliphatic hydroxyl groups excluding tert-OH is 1. The van der Waals surface area contributed by atoms with E-state index >= 15 is 0 Å². The van der Waals surface area contributed by atoms with Gasteiger partial charge in [-0.15, -0.1) is 0 Å². The van der Waals surface area contributed by atoms with Crippen LogP contribution < -0.4 is 0 Å². The smallest absolute Gasteiger partial charge is 0.0534 e. The third-order valence-corrected chi connectivity index (χ3v) is 1.85. The molecule has 0 fully saturated rings. The summed E-state index contributed by atoms with van der Waals surface area (Å²) in [5.74, 6) is 0.149. The van der Waals surface area contributed by atoms with Crippen LogP contribution in [0.5, 0.6) is 0 Å². The maximum absolute atomic E-state index is 9.06. The quantitative estimate of drug-likeness (QED) is 0.676. The van der Waals surface area contributed by atoms with E-state index < -0.39 is 0 Å². The fraction of sp³-hybridized carbons (Fsp3) is 0.273. The van der Waals surface area contributed by atoms with Crippen LogP contribution in [0.2, 0.25) is 0 Å². The van der Waals surface area contributed by atoms with E-state index in [4.69, 9.17) is 5.11 Å². The summed E-state index contributed by atoms with van der Waals surface area (Å²) in [6.07, 6.45) is 3.98. The van der Waals surface area contributed by atoms with Crippen LogP contribution in [0.4, 0.5) is 0 Å². The van der Waals surface area contributed by atoms with Crippen molar-refractivity contribution in [2.75, 3.05) is 6.61 Å². The van der Waals surface area contributed by atoms with E-state index in [1.165, 1.54) is 0 Å². The third-order valence-electron chi connectivity index (χ3n) is 1.85. The Labute approximate surface area is 73.4 Å². The molecule has 0 saturated heterocycles. The van der Waals surface area contributed by atoms with Crippen molar-refractivity contribution < 1.29 is 5.11 Å². The number of benzene rings is 1. The van der Waals surface area contributed by atoms with Crippen molar-refractivity contribution >= 4 is 0 Å². The van der Waals surface area contributed by atoms with E-state index in [2.05, 4.69) is 0 Å². The Hall–Kier alpha value is -1.08. The van der Waals surface area contributed by atoms with Crippen LogP contribution in [0.1, 0.15) is 18.4 Å². The standard InChI is InChI=1S/C11H14O/c1-2-6-11(9-12)10-7-4-3-5-8-10/h2-8,11-12H,9H2,1H3. The second kappa shape index (κ2) is 4.73. The Morgan fingerprint density at radius 3 is 2.50 bits per heavy atom. The molecule has 0 bridgehead atoms. The molecule has 12 heavy (non-hydrogen) atoms. The average Bonchev–Trinajstić information content (AvgIpc) is 2.15. The van der Waals surface area contributed by atoms with E-state index in [-0.39, 0.29) is 12.5 Å². The lowest BCUT2D eigenvalue weighted by molar-refractivity contribution is 0.283. The molecule has 1 unspecified atom stereocenters. The lowest BCUT2D eigenvalue weighted by Crippen LogP contribution is -1.99. The predicted octanol–water partition coefficient (Wildman–Crippen LogP) is 2.34. The maximum Gasteiger partial charge on any atom is 0.0534 e. The van der Waals surface area contributed by atoms with Gasteiger partial charge in [-0.3, -0.25) is 0 Å². The summed E-state index contributed by atoms with van der Waals surface area (Å²) in [6.45, 7) is 2.14. The fourth-order valence-corrected chi connectivity index (χ4v) is 1.21. The number of rotatable bonds is 3. The van der Waals surface area contributed by atoms with E-state index in [0.29, 0.717) is 0 Å². The molecular weight excluding hydrogens is 148 g/mol. The van der Waals surface area contributed by atoms with E-state index in [1.807, 2.05) is 49.4 Å². The minimum Gasteiger partial charge on any atom is -0.395 e. The molecular formula is C11H14O. The van der Waals surface area contributed by atoms with Gasteiger partial charge in [0.2, 0.25) is 0 Å². The summed E-state index contributed by atoms with van der Waals surface area (Å²) in [6, 6.07) is 10.0. The largest absolute Gasteiger partial charge is 0.395 e. The van der Waals surface area contributed by atoms with Crippen molar-refractivity contribution in [2.24, 2.45) is 0 Å². The van der Waals surface area contributed by atoms with Crippen LogP contribution in [0.15, 0.2) is 42.5 Å². The highest BCUT2D eigenvalue weighted by atomic mass is 16.3. The Bertz CT molecular complexity index is 238. The van der Waals surface area contributed by atoms with Crippen molar-refractivity contribution in [2.45, 2.75) is 12.8 Å². The van der Waals surface area contributed by atoms with Crippen molar-refractivity contribution in [3.63, 3.8) is 0 Å². The van der Waals surface area contributed by atoms with Crippen LogP contribution >= 0.6 is 0 Å². The molecule has 1 rings (SSSR count). The first-order valence-corrected chi connectivity index (χ1v) is 4.17. The number of allylic oxidation sites excluding steroid dienone is 1. The van der Waals surface area contributed by atoms with Gasteiger partial charge in [-0.1, -0.05) is 42.5 Å². The lowest BCUT2D eigenvalue weighted by atomic mass is 10.00. The van der Waals surface area contributed by atoms with Crippen molar-refractivity contribution in [3.05, 3.63) is 48.0 Å². The third kappa shape index (κ3) is 2.21. The highest BCUT2D eigenvalue weighted by Crippen LogP contribution is 2.15. The number of hydrogen-bond donors (Lipinski definition) is 1. The normalized spacial score (nSPS) is 13.5. The van der Waals surface area contributed by atoms with Crippen LogP contribution in [-0.2, 0) is 0 Å². The molecule has 0 aliphatic heterocycles. The second-order valence-corrected chi connectivity index (χ2v) is 2.73. The second-order valence-electron chi connectivity index (χ2n) is 2.73. The van der Waals surface area contributed by atoms with E-state index in [1.54, 1.807) is 0 Å². The first-order chi connectivity index (χ1) is 5.88. The minimum atomic E-state index is 0.149. The maximum atomic E-state index is 9.06. The highest BCUT2D eigenvalue weighted by molar-refractivity contribution is 5.23. The van der Waals surface area contributed by atoms with E-state index in [9.17, 15) is 0 Å². The Morgan fingerprint density at radius 2 is 2.00 bits per heavy atom. The molecule has 0 heterocycles. The zero-order chi connectivity index (χ0) is 8.81. The molecule has 0 amide bonds. The molecule has 0 aliphatic rings. The van der Waals surface area contributed by atoms with Crippen LogP contribution in [0.3, 0.4) is 0 Å². The predicted molar refractivity (Wildman–Crippen MR) is 51.1 cm³/mol. The summed E-state index contributed by atoms with van der Waals surface area (Å²) in [7, 11) is 0. The molecule has 0 radical (unpaired) electrons. The molecule has 1 aromatic carbocycles. The van der Waals surface area contributed by atoms with Gasteiger partial charge in [0.15, 0.2) is 0 Å². The molecule has 1 nitrogen and oxygen atoms in total. The first kappa shape index (κ1) is 9.01. The van der Waals surface area contributed by atoms with Gasteiger partial charge in [-0.25, -0.2) is 0 Å². The molecule has 1 aromatic rings. The molecule has 0 aliphatic carbocycles. The Morgan fingerprint density at radius 1 is 1.33 bits per heavy atom. The molecule has 1 heteroatoms. The zero-order valence-corrected chi connectivity index (χ0v) is 7.27. The molecule has 1 N–H and O–H groups in total. The summed E-state index contributed by atoms with van der Waals surface area (Å²) in [5.41, 5.74) is 1.16. The van der Waals surface area contributed by atoms with Gasteiger partial charge in [-0.05, 0) is 12.5 Å². The minimum absolute atomic E-state index is 0.149. The van der Waals surface area contributed by atoms with E-state index in [0.717, 1.165) is 5.56 Å². The van der Waals surface area contributed by atoms with Crippen molar-refractivity contribution in [3.8, 4) is 0 Å². The van der Waals surface area contributed by atoms with Crippen LogP contribution in [0, 0.1) is 0 Å². The molecule has 0 aromatic heterocycles. The topological polar surface area (TPSA) is 20.2 Å². The number of hydrogen-bond acceptors (Lipinski definition) is 1. The zero-order valence-electron chi connectivity index (χ0n) is 7.27. The molecule has 1 atom stereocenters. The van der Waals surface area contributed by atoms with Gasteiger partial charge < -0.3 is 5.11 Å². The fourth-order valence-electron chi connectivity index (χ4n) is 1.21. The monoisotopic (exact) mass is 162 g/mol. The van der Waals surface area contributed by atoms with Crippen LogP contribution in [-0.4, -0.2) is 11.7 Å². The number of aliphatic hydroxyl groups is 1.